The molecule has 5 aromatic rings. The average Bonchev–Trinajstić information content (AvgIpc) is 3.15. The fourth-order valence-corrected chi connectivity index (χ4v) is 5.48. The van der Waals surface area contributed by atoms with Crippen LogP contribution in [-0.2, 0) is 0 Å². The van der Waals surface area contributed by atoms with Crippen LogP contribution < -0.4 is 10.4 Å². The standard InChI is InChI=1S/C29H19N/c1-2-8-19-17-20(15-14-18(19)7-1)26-21-9-3-4-10-22(21)28-27-23(11-5-12-25(26)27)24-13-6-16-30-29(24)28/h1-4,6-10,12-17H,5,11H2. The molecule has 0 amide bonds. The molecule has 4 aromatic carbocycles. The van der Waals surface area contributed by atoms with Gasteiger partial charge < -0.3 is 0 Å². The summed E-state index contributed by atoms with van der Waals surface area (Å²) in [5.74, 6) is 0. The highest BCUT2D eigenvalue weighted by Crippen LogP contribution is 2.39. The Balaban J connectivity index is 1.71. The maximum atomic E-state index is 4.83. The van der Waals surface area contributed by atoms with E-state index in [1.165, 1.54) is 59.8 Å². The fourth-order valence-electron chi connectivity index (χ4n) is 5.48. The van der Waals surface area contributed by atoms with E-state index in [0.717, 1.165) is 18.5 Å². The van der Waals surface area contributed by atoms with Crippen molar-refractivity contribution >= 4 is 33.2 Å². The van der Waals surface area contributed by atoms with Gasteiger partial charge in [0, 0.05) is 17.3 Å². The molecule has 0 atom stereocenters. The van der Waals surface area contributed by atoms with Crippen molar-refractivity contribution in [3.8, 4) is 22.4 Å². The molecule has 0 radical (unpaired) electrons. The molecule has 2 aliphatic rings. The summed E-state index contributed by atoms with van der Waals surface area (Å²) in [4.78, 5) is 4.83. The van der Waals surface area contributed by atoms with Crippen molar-refractivity contribution in [2.75, 3.05) is 0 Å². The molecule has 0 bridgehead atoms. The topological polar surface area (TPSA) is 12.9 Å². The SMILES string of the molecule is C1=c2c(-c3ccc4ccccc4c3)c3ccccc3c3c2=C(CC1)c1cccnc1-3. The van der Waals surface area contributed by atoms with E-state index in [2.05, 4.69) is 84.9 Å². The Morgan fingerprint density at radius 2 is 1.50 bits per heavy atom. The minimum atomic E-state index is 1.08. The molecule has 1 aromatic heterocycles. The highest BCUT2D eigenvalue weighted by Gasteiger charge is 2.27. The van der Waals surface area contributed by atoms with E-state index in [1.807, 2.05) is 6.20 Å². The Morgan fingerprint density at radius 1 is 0.700 bits per heavy atom. The lowest BCUT2D eigenvalue weighted by Crippen LogP contribution is -2.32. The van der Waals surface area contributed by atoms with Crippen LogP contribution in [0.25, 0.3) is 55.6 Å². The van der Waals surface area contributed by atoms with Crippen LogP contribution in [0.1, 0.15) is 18.4 Å². The summed E-state index contributed by atoms with van der Waals surface area (Å²) in [6.45, 7) is 0. The lowest BCUT2D eigenvalue weighted by Gasteiger charge is -2.15. The predicted molar refractivity (Wildman–Crippen MR) is 126 cm³/mol. The van der Waals surface area contributed by atoms with Gasteiger partial charge >= 0.3 is 0 Å². The van der Waals surface area contributed by atoms with Gasteiger partial charge in [-0.2, -0.15) is 0 Å². The number of fused-ring (bicyclic) bond motifs is 6. The largest absolute Gasteiger partial charge is 0.256 e. The van der Waals surface area contributed by atoms with Crippen LogP contribution in [0.3, 0.4) is 0 Å². The molecule has 0 saturated heterocycles. The smallest absolute Gasteiger partial charge is 0.0789 e. The molecule has 0 aliphatic heterocycles. The summed E-state index contributed by atoms with van der Waals surface area (Å²) >= 11 is 0. The monoisotopic (exact) mass is 381 g/mol. The number of pyridine rings is 1. The molecule has 1 nitrogen and oxygen atoms in total. The summed E-state index contributed by atoms with van der Waals surface area (Å²) in [5, 5.41) is 8.00. The first-order chi connectivity index (χ1) is 14.9. The van der Waals surface area contributed by atoms with E-state index in [-0.39, 0.29) is 0 Å². The Morgan fingerprint density at radius 3 is 2.40 bits per heavy atom. The third kappa shape index (κ3) is 2.04. The molecule has 30 heavy (non-hydrogen) atoms. The zero-order valence-corrected chi connectivity index (χ0v) is 16.5. The highest BCUT2D eigenvalue weighted by molar-refractivity contribution is 6.10. The number of hydrogen-bond donors (Lipinski definition) is 0. The molecule has 0 N–H and O–H groups in total. The van der Waals surface area contributed by atoms with Crippen LogP contribution in [0.2, 0.25) is 0 Å². The number of benzene rings is 4. The number of aromatic nitrogens is 1. The van der Waals surface area contributed by atoms with Crippen molar-refractivity contribution in [3.63, 3.8) is 0 Å². The van der Waals surface area contributed by atoms with Crippen molar-refractivity contribution < 1.29 is 0 Å². The summed E-state index contributed by atoms with van der Waals surface area (Å²) in [6, 6.07) is 28.7. The van der Waals surface area contributed by atoms with E-state index >= 15 is 0 Å². The number of nitrogens with zero attached hydrogens (tertiary/aromatic N) is 1. The molecule has 0 spiro atoms. The van der Waals surface area contributed by atoms with Crippen molar-refractivity contribution in [1.82, 2.24) is 4.98 Å². The molecule has 140 valence electrons. The Labute approximate surface area is 174 Å². The lowest BCUT2D eigenvalue weighted by molar-refractivity contribution is 1.09. The number of rotatable bonds is 1. The zero-order chi connectivity index (χ0) is 19.7. The van der Waals surface area contributed by atoms with Gasteiger partial charge in [0.25, 0.3) is 0 Å². The van der Waals surface area contributed by atoms with E-state index < -0.39 is 0 Å². The van der Waals surface area contributed by atoms with Crippen molar-refractivity contribution in [2.24, 2.45) is 0 Å². The molecule has 0 unspecified atom stereocenters. The van der Waals surface area contributed by atoms with Gasteiger partial charge in [-0.1, -0.05) is 72.8 Å². The first-order valence-corrected chi connectivity index (χ1v) is 10.6. The molecule has 2 aliphatic carbocycles. The Kier molecular flexibility index (Phi) is 3.17. The second-order valence-electron chi connectivity index (χ2n) is 8.27. The Hall–Kier alpha value is -3.71. The lowest BCUT2D eigenvalue weighted by atomic mass is 9.88. The van der Waals surface area contributed by atoms with Gasteiger partial charge in [-0.3, -0.25) is 4.98 Å². The maximum absolute atomic E-state index is 4.83. The van der Waals surface area contributed by atoms with Gasteiger partial charge in [-0.05, 0) is 73.7 Å². The summed E-state index contributed by atoms with van der Waals surface area (Å²) in [5.41, 5.74) is 7.93. The fraction of sp³-hybridized carbons (Fsp3) is 0.0690. The van der Waals surface area contributed by atoms with E-state index in [4.69, 9.17) is 4.98 Å². The van der Waals surface area contributed by atoms with E-state index in [9.17, 15) is 0 Å². The van der Waals surface area contributed by atoms with Crippen LogP contribution >= 0.6 is 0 Å². The van der Waals surface area contributed by atoms with Gasteiger partial charge in [0.1, 0.15) is 0 Å². The molecule has 7 rings (SSSR count). The molecule has 1 heteroatoms. The summed E-state index contributed by atoms with van der Waals surface area (Å²) < 4.78 is 0. The first-order valence-electron chi connectivity index (χ1n) is 10.6. The van der Waals surface area contributed by atoms with Gasteiger partial charge in [0.15, 0.2) is 0 Å². The normalized spacial score (nSPS) is 13.9. The minimum Gasteiger partial charge on any atom is -0.256 e. The zero-order valence-electron chi connectivity index (χ0n) is 16.5. The summed E-state index contributed by atoms with van der Waals surface area (Å²) in [7, 11) is 0. The second-order valence-corrected chi connectivity index (χ2v) is 8.27. The molecule has 1 heterocycles. The van der Waals surface area contributed by atoms with Crippen LogP contribution in [-0.4, -0.2) is 4.98 Å². The third-order valence-electron chi connectivity index (χ3n) is 6.71. The van der Waals surface area contributed by atoms with E-state index in [0.29, 0.717) is 0 Å². The van der Waals surface area contributed by atoms with Crippen molar-refractivity contribution in [1.29, 1.82) is 0 Å². The van der Waals surface area contributed by atoms with Gasteiger partial charge in [0.2, 0.25) is 0 Å². The molecule has 0 saturated carbocycles. The quantitative estimate of drug-likeness (QED) is 0.357. The van der Waals surface area contributed by atoms with Gasteiger partial charge in [0.05, 0.1) is 5.69 Å². The summed E-state index contributed by atoms with van der Waals surface area (Å²) in [6.07, 6.45) is 6.55. The first kappa shape index (κ1) is 16.1. The molecular weight excluding hydrogens is 362 g/mol. The van der Waals surface area contributed by atoms with Gasteiger partial charge in [-0.15, -0.1) is 0 Å². The highest BCUT2D eigenvalue weighted by atomic mass is 14.7. The van der Waals surface area contributed by atoms with Crippen LogP contribution in [0.4, 0.5) is 0 Å². The van der Waals surface area contributed by atoms with Crippen molar-refractivity contribution in [3.05, 3.63) is 101 Å². The maximum Gasteiger partial charge on any atom is 0.0789 e. The predicted octanol–water partition coefficient (Wildman–Crippen LogP) is 5.81. The van der Waals surface area contributed by atoms with Crippen LogP contribution in [0.5, 0.6) is 0 Å². The second kappa shape index (κ2) is 5.90. The molecular formula is C29H19N. The number of hydrogen-bond acceptors (Lipinski definition) is 1. The molecule has 0 fully saturated rings. The van der Waals surface area contributed by atoms with Gasteiger partial charge in [-0.25, -0.2) is 0 Å². The Bertz CT molecular complexity index is 1640. The van der Waals surface area contributed by atoms with Crippen molar-refractivity contribution in [2.45, 2.75) is 12.8 Å². The minimum absolute atomic E-state index is 1.08. The van der Waals surface area contributed by atoms with Crippen LogP contribution in [0, 0.1) is 0 Å². The van der Waals surface area contributed by atoms with E-state index in [1.54, 1.807) is 0 Å². The van der Waals surface area contributed by atoms with Crippen LogP contribution in [0.15, 0.2) is 85.1 Å². The third-order valence-corrected chi connectivity index (χ3v) is 6.71. The average molecular weight is 381 g/mol.